The molecule has 0 radical (unpaired) electrons. The van der Waals surface area contributed by atoms with E-state index < -0.39 is 0 Å². The van der Waals surface area contributed by atoms with E-state index in [-0.39, 0.29) is 11.2 Å². The minimum atomic E-state index is -0.0370. The molecular weight excluding hydrogens is 198 g/mol. The minimum absolute atomic E-state index is 0.0195. The summed E-state index contributed by atoms with van der Waals surface area (Å²) in [6, 6.07) is 1.13. The molecule has 0 aliphatic carbocycles. The summed E-state index contributed by atoms with van der Waals surface area (Å²) in [6.45, 7) is 13.3. The van der Waals surface area contributed by atoms with Gasteiger partial charge in [0.1, 0.15) is 0 Å². The summed E-state index contributed by atoms with van der Waals surface area (Å²) in [5.74, 6) is 0. The van der Waals surface area contributed by atoms with Gasteiger partial charge >= 0.3 is 0 Å². The molecule has 0 saturated carbocycles. The van der Waals surface area contributed by atoms with Crippen LogP contribution in [0.5, 0.6) is 0 Å². The van der Waals surface area contributed by atoms with Gasteiger partial charge in [-0.2, -0.15) is 0 Å². The van der Waals surface area contributed by atoms with Gasteiger partial charge in [-0.25, -0.2) is 0 Å². The van der Waals surface area contributed by atoms with Crippen molar-refractivity contribution in [3.63, 3.8) is 0 Å². The summed E-state index contributed by atoms with van der Waals surface area (Å²) in [7, 11) is 0. The molecule has 2 unspecified atom stereocenters. The van der Waals surface area contributed by atoms with E-state index in [1.807, 2.05) is 0 Å². The molecule has 0 aromatic rings. The van der Waals surface area contributed by atoms with Crippen LogP contribution in [0.4, 0.5) is 0 Å². The maximum atomic E-state index is 6.11. The molecule has 0 aromatic heterocycles. The number of hydrogen-bond acceptors (Lipinski definition) is 2. The topological polar surface area (TPSA) is 21.3 Å². The first-order valence-electron chi connectivity index (χ1n) is 6.77. The molecule has 0 amide bonds. The Bertz CT molecular complexity index is 223. The third kappa shape index (κ3) is 3.46. The summed E-state index contributed by atoms with van der Waals surface area (Å²) in [5.41, 5.74) is -0.0175. The largest absolute Gasteiger partial charge is 0.368 e. The highest BCUT2D eigenvalue weighted by Gasteiger charge is 2.46. The molecule has 1 saturated heterocycles. The second-order valence-corrected chi connectivity index (χ2v) is 6.28. The van der Waals surface area contributed by atoms with Crippen LogP contribution in [0, 0.1) is 0 Å². The van der Waals surface area contributed by atoms with Crippen molar-refractivity contribution in [1.82, 2.24) is 5.32 Å². The van der Waals surface area contributed by atoms with Gasteiger partial charge in [-0.15, -0.1) is 0 Å². The lowest BCUT2D eigenvalue weighted by Gasteiger charge is -2.30. The van der Waals surface area contributed by atoms with Gasteiger partial charge in [-0.05, 0) is 47.0 Å². The third-order valence-corrected chi connectivity index (χ3v) is 3.64. The van der Waals surface area contributed by atoms with Crippen molar-refractivity contribution in [2.75, 3.05) is 0 Å². The van der Waals surface area contributed by atoms with Crippen LogP contribution in [0.3, 0.4) is 0 Å². The molecule has 1 rings (SSSR count). The molecule has 2 nitrogen and oxygen atoms in total. The maximum absolute atomic E-state index is 6.11. The first-order chi connectivity index (χ1) is 7.30. The zero-order valence-electron chi connectivity index (χ0n) is 11.9. The van der Waals surface area contributed by atoms with Crippen LogP contribution < -0.4 is 5.32 Å². The fourth-order valence-electron chi connectivity index (χ4n) is 2.86. The average molecular weight is 227 g/mol. The van der Waals surface area contributed by atoms with Gasteiger partial charge in [0, 0.05) is 12.1 Å². The van der Waals surface area contributed by atoms with Crippen LogP contribution in [0.15, 0.2) is 0 Å². The molecule has 2 atom stereocenters. The Hall–Kier alpha value is -0.0800. The lowest BCUT2D eigenvalue weighted by Crippen LogP contribution is -2.47. The van der Waals surface area contributed by atoms with Gasteiger partial charge in [0.2, 0.25) is 0 Å². The normalized spacial score (nSPS) is 29.2. The van der Waals surface area contributed by atoms with Crippen molar-refractivity contribution in [2.24, 2.45) is 0 Å². The monoisotopic (exact) mass is 227 g/mol. The van der Waals surface area contributed by atoms with Crippen molar-refractivity contribution in [3.8, 4) is 0 Å². The lowest BCUT2D eigenvalue weighted by atomic mass is 9.93. The highest BCUT2D eigenvalue weighted by atomic mass is 16.5. The summed E-state index contributed by atoms with van der Waals surface area (Å²) in [4.78, 5) is 0. The van der Waals surface area contributed by atoms with Crippen molar-refractivity contribution in [1.29, 1.82) is 0 Å². The molecule has 2 heteroatoms. The van der Waals surface area contributed by atoms with Crippen molar-refractivity contribution in [2.45, 2.75) is 90.5 Å². The molecule has 1 N–H and O–H groups in total. The van der Waals surface area contributed by atoms with Gasteiger partial charge in [0.25, 0.3) is 0 Å². The highest BCUT2D eigenvalue weighted by molar-refractivity contribution is 4.99. The van der Waals surface area contributed by atoms with E-state index in [1.165, 1.54) is 19.3 Å². The van der Waals surface area contributed by atoms with Crippen LogP contribution in [0.1, 0.15) is 67.2 Å². The van der Waals surface area contributed by atoms with E-state index in [9.17, 15) is 0 Å². The molecule has 96 valence electrons. The first kappa shape index (κ1) is 14.0. The molecule has 1 fully saturated rings. The molecule has 1 aliphatic rings. The molecule has 1 aliphatic heterocycles. The Balaban J connectivity index is 2.59. The SMILES string of the molecule is CCCC(CC)NC1CC(C)(C)OC1(C)C. The lowest BCUT2D eigenvalue weighted by molar-refractivity contribution is -0.0705. The Kier molecular flexibility index (Phi) is 4.42. The molecule has 0 bridgehead atoms. The predicted molar refractivity (Wildman–Crippen MR) is 69.8 cm³/mol. The standard InChI is InChI=1S/C14H29NO/c1-7-9-11(8-2)15-12-10-13(3,4)16-14(12,5)6/h11-12,15H,7-10H2,1-6H3. The Morgan fingerprint density at radius 2 is 1.88 bits per heavy atom. The summed E-state index contributed by atoms with van der Waals surface area (Å²) in [6.07, 6.45) is 4.84. The van der Waals surface area contributed by atoms with Gasteiger partial charge in [-0.1, -0.05) is 20.3 Å². The Labute approximate surface area is 101 Å². The fourth-order valence-corrected chi connectivity index (χ4v) is 2.86. The number of hydrogen-bond donors (Lipinski definition) is 1. The second kappa shape index (κ2) is 5.05. The number of nitrogens with one attached hydrogen (secondary N) is 1. The molecule has 1 heterocycles. The van der Waals surface area contributed by atoms with Crippen molar-refractivity contribution in [3.05, 3.63) is 0 Å². The first-order valence-corrected chi connectivity index (χ1v) is 6.77. The zero-order valence-corrected chi connectivity index (χ0v) is 11.9. The maximum Gasteiger partial charge on any atom is 0.0787 e. The second-order valence-electron chi connectivity index (χ2n) is 6.28. The van der Waals surface area contributed by atoms with E-state index in [0.717, 1.165) is 6.42 Å². The van der Waals surface area contributed by atoms with E-state index in [2.05, 4.69) is 46.9 Å². The third-order valence-electron chi connectivity index (χ3n) is 3.64. The Morgan fingerprint density at radius 3 is 2.25 bits per heavy atom. The van der Waals surface area contributed by atoms with Gasteiger partial charge < -0.3 is 10.1 Å². The molecule has 0 spiro atoms. The van der Waals surface area contributed by atoms with E-state index in [0.29, 0.717) is 12.1 Å². The molecule has 16 heavy (non-hydrogen) atoms. The number of rotatable bonds is 5. The van der Waals surface area contributed by atoms with Gasteiger partial charge in [0.05, 0.1) is 11.2 Å². The van der Waals surface area contributed by atoms with E-state index in [4.69, 9.17) is 4.74 Å². The zero-order chi connectivity index (χ0) is 12.4. The quantitative estimate of drug-likeness (QED) is 0.776. The van der Waals surface area contributed by atoms with Crippen LogP contribution in [-0.2, 0) is 4.74 Å². The van der Waals surface area contributed by atoms with Crippen LogP contribution in [-0.4, -0.2) is 23.3 Å². The molecule has 0 aromatic carbocycles. The van der Waals surface area contributed by atoms with Crippen LogP contribution in [0.25, 0.3) is 0 Å². The van der Waals surface area contributed by atoms with Crippen molar-refractivity contribution >= 4 is 0 Å². The smallest absolute Gasteiger partial charge is 0.0787 e. The fraction of sp³-hybridized carbons (Fsp3) is 1.00. The predicted octanol–water partition coefficient (Wildman–Crippen LogP) is 3.50. The van der Waals surface area contributed by atoms with Crippen LogP contribution in [0.2, 0.25) is 0 Å². The average Bonchev–Trinajstić information content (AvgIpc) is 2.33. The summed E-state index contributed by atoms with van der Waals surface area (Å²) < 4.78 is 6.11. The highest BCUT2D eigenvalue weighted by Crippen LogP contribution is 2.37. The Morgan fingerprint density at radius 1 is 1.25 bits per heavy atom. The van der Waals surface area contributed by atoms with Crippen molar-refractivity contribution < 1.29 is 4.74 Å². The van der Waals surface area contributed by atoms with Crippen LogP contribution >= 0.6 is 0 Å². The van der Waals surface area contributed by atoms with E-state index in [1.54, 1.807) is 0 Å². The number of ether oxygens (including phenoxy) is 1. The summed E-state index contributed by atoms with van der Waals surface area (Å²) in [5, 5.41) is 3.79. The molecular formula is C14H29NO. The van der Waals surface area contributed by atoms with E-state index >= 15 is 0 Å². The minimum Gasteiger partial charge on any atom is -0.368 e. The summed E-state index contributed by atoms with van der Waals surface area (Å²) >= 11 is 0. The van der Waals surface area contributed by atoms with Gasteiger partial charge in [0.15, 0.2) is 0 Å². The van der Waals surface area contributed by atoms with Gasteiger partial charge in [-0.3, -0.25) is 0 Å².